The molecule has 2 unspecified atom stereocenters. The van der Waals surface area contributed by atoms with E-state index in [1.165, 1.54) is 0 Å². The summed E-state index contributed by atoms with van der Waals surface area (Å²) in [5.41, 5.74) is 2.11. The molecule has 2 atom stereocenters. The first-order valence-corrected chi connectivity index (χ1v) is 4.60. The number of carbonyl (C=O) groups excluding carboxylic acids is 1. The molecule has 0 radical (unpaired) electrons. The van der Waals surface area contributed by atoms with Crippen LogP contribution >= 0.6 is 0 Å². The molecule has 0 aromatic carbocycles. The van der Waals surface area contributed by atoms with Gasteiger partial charge in [-0.25, -0.2) is 5.84 Å². The zero-order valence-corrected chi connectivity index (χ0v) is 8.95. The SMILES string of the molecule is CC(CN(C)C(C)CC#N)C(=O)NN. The first kappa shape index (κ1) is 12.9. The maximum atomic E-state index is 11.1. The standard InChI is InChI=1S/C9H18N4O/c1-7(9(14)12-11)6-13(3)8(2)4-5-10/h7-8H,4,6,11H2,1-3H3,(H,12,14). The number of rotatable bonds is 5. The van der Waals surface area contributed by atoms with Crippen molar-refractivity contribution in [3.63, 3.8) is 0 Å². The Hall–Kier alpha value is -1.12. The Balaban J connectivity index is 3.99. The van der Waals surface area contributed by atoms with E-state index in [0.717, 1.165) is 0 Å². The molecule has 3 N–H and O–H groups in total. The first-order valence-electron chi connectivity index (χ1n) is 4.60. The number of hydrogen-bond acceptors (Lipinski definition) is 4. The van der Waals surface area contributed by atoms with Crippen LogP contribution in [-0.4, -0.2) is 30.4 Å². The third-order valence-electron chi connectivity index (χ3n) is 2.29. The fourth-order valence-electron chi connectivity index (χ4n) is 1.13. The van der Waals surface area contributed by atoms with Gasteiger partial charge in [0.2, 0.25) is 5.91 Å². The van der Waals surface area contributed by atoms with Gasteiger partial charge in [0.15, 0.2) is 0 Å². The number of hydrogen-bond donors (Lipinski definition) is 2. The lowest BCUT2D eigenvalue weighted by Crippen LogP contribution is -2.41. The molecule has 0 saturated carbocycles. The van der Waals surface area contributed by atoms with E-state index < -0.39 is 0 Å². The van der Waals surface area contributed by atoms with Crippen LogP contribution < -0.4 is 11.3 Å². The summed E-state index contributed by atoms with van der Waals surface area (Å²) in [7, 11) is 1.89. The average Bonchev–Trinajstić information content (AvgIpc) is 2.16. The van der Waals surface area contributed by atoms with E-state index in [1.54, 1.807) is 6.92 Å². The Bertz CT molecular complexity index is 223. The molecule has 0 heterocycles. The van der Waals surface area contributed by atoms with Gasteiger partial charge in [-0.05, 0) is 14.0 Å². The molecule has 0 bridgehead atoms. The molecule has 0 fully saturated rings. The van der Waals surface area contributed by atoms with Crippen LogP contribution in [0.15, 0.2) is 0 Å². The highest BCUT2D eigenvalue weighted by molar-refractivity contribution is 5.77. The predicted octanol–water partition coefficient (Wildman–Crippen LogP) is -0.154. The monoisotopic (exact) mass is 198 g/mol. The lowest BCUT2D eigenvalue weighted by atomic mass is 10.1. The Kier molecular flexibility index (Phi) is 5.84. The summed E-state index contributed by atoms with van der Waals surface area (Å²) in [6, 6.07) is 2.26. The molecular formula is C9H18N4O. The first-order chi connectivity index (χ1) is 6.52. The van der Waals surface area contributed by atoms with Gasteiger partial charge in [0, 0.05) is 18.5 Å². The van der Waals surface area contributed by atoms with Crippen molar-refractivity contribution >= 4 is 5.91 Å². The fourth-order valence-corrected chi connectivity index (χ4v) is 1.13. The lowest BCUT2D eigenvalue weighted by Gasteiger charge is -2.25. The normalized spacial score (nSPS) is 14.6. The molecule has 0 aromatic rings. The molecule has 5 nitrogen and oxygen atoms in total. The van der Waals surface area contributed by atoms with Gasteiger partial charge in [0.25, 0.3) is 0 Å². The lowest BCUT2D eigenvalue weighted by molar-refractivity contribution is -0.125. The number of hydrazine groups is 1. The van der Waals surface area contributed by atoms with Gasteiger partial charge in [0.05, 0.1) is 12.5 Å². The smallest absolute Gasteiger partial charge is 0.237 e. The van der Waals surface area contributed by atoms with Crippen molar-refractivity contribution in [2.45, 2.75) is 26.3 Å². The Morgan fingerprint density at radius 2 is 2.21 bits per heavy atom. The Morgan fingerprint density at radius 1 is 1.64 bits per heavy atom. The summed E-state index contributed by atoms with van der Waals surface area (Å²) in [6.45, 7) is 4.36. The van der Waals surface area contributed by atoms with Crippen molar-refractivity contribution < 1.29 is 4.79 Å². The Morgan fingerprint density at radius 3 is 2.64 bits per heavy atom. The summed E-state index contributed by atoms with van der Waals surface area (Å²) >= 11 is 0. The summed E-state index contributed by atoms with van der Waals surface area (Å²) in [5.74, 6) is 4.67. The third kappa shape index (κ3) is 4.21. The van der Waals surface area contributed by atoms with Crippen molar-refractivity contribution in [3.05, 3.63) is 0 Å². The van der Waals surface area contributed by atoms with Crippen LogP contribution in [0.1, 0.15) is 20.3 Å². The molecule has 0 spiro atoms. The van der Waals surface area contributed by atoms with Crippen LogP contribution in [0.3, 0.4) is 0 Å². The number of nitrogens with one attached hydrogen (secondary N) is 1. The summed E-state index contributed by atoms with van der Waals surface area (Å²) in [5, 5.41) is 8.50. The average molecular weight is 198 g/mol. The molecule has 14 heavy (non-hydrogen) atoms. The molecular weight excluding hydrogens is 180 g/mol. The van der Waals surface area contributed by atoms with Crippen molar-refractivity contribution in [2.24, 2.45) is 11.8 Å². The maximum Gasteiger partial charge on any atom is 0.237 e. The van der Waals surface area contributed by atoms with Crippen LogP contribution in [0, 0.1) is 17.2 Å². The molecule has 0 saturated heterocycles. The van der Waals surface area contributed by atoms with E-state index in [9.17, 15) is 4.79 Å². The zero-order chi connectivity index (χ0) is 11.1. The molecule has 80 valence electrons. The zero-order valence-electron chi connectivity index (χ0n) is 8.95. The van der Waals surface area contributed by atoms with E-state index in [2.05, 4.69) is 11.5 Å². The second kappa shape index (κ2) is 6.35. The second-order valence-corrected chi connectivity index (χ2v) is 3.56. The van der Waals surface area contributed by atoms with E-state index >= 15 is 0 Å². The van der Waals surface area contributed by atoms with Crippen LogP contribution in [0.2, 0.25) is 0 Å². The van der Waals surface area contributed by atoms with Gasteiger partial charge in [-0.1, -0.05) is 6.92 Å². The molecule has 5 heteroatoms. The number of nitriles is 1. The topological polar surface area (TPSA) is 82.2 Å². The van der Waals surface area contributed by atoms with Crippen LogP contribution in [0.5, 0.6) is 0 Å². The summed E-state index contributed by atoms with van der Waals surface area (Å²) in [6.07, 6.45) is 0.466. The minimum absolute atomic E-state index is 0.160. The Labute approximate surface area is 84.8 Å². The van der Waals surface area contributed by atoms with E-state index in [0.29, 0.717) is 13.0 Å². The van der Waals surface area contributed by atoms with E-state index in [-0.39, 0.29) is 17.9 Å². The van der Waals surface area contributed by atoms with Gasteiger partial charge in [-0.2, -0.15) is 5.26 Å². The maximum absolute atomic E-state index is 11.1. The largest absolute Gasteiger partial charge is 0.302 e. The molecule has 0 rings (SSSR count). The molecule has 0 aliphatic carbocycles. The van der Waals surface area contributed by atoms with Crippen LogP contribution in [-0.2, 0) is 4.79 Å². The molecule has 0 aliphatic rings. The minimum atomic E-state index is -0.180. The summed E-state index contributed by atoms with van der Waals surface area (Å²) < 4.78 is 0. The number of amides is 1. The van der Waals surface area contributed by atoms with E-state index in [4.69, 9.17) is 11.1 Å². The summed E-state index contributed by atoms with van der Waals surface area (Å²) in [4.78, 5) is 13.1. The van der Waals surface area contributed by atoms with Gasteiger partial charge in [-0.3, -0.25) is 10.2 Å². The third-order valence-corrected chi connectivity index (χ3v) is 2.29. The predicted molar refractivity (Wildman–Crippen MR) is 53.8 cm³/mol. The second-order valence-electron chi connectivity index (χ2n) is 3.56. The van der Waals surface area contributed by atoms with E-state index in [1.807, 2.05) is 18.9 Å². The molecule has 0 aromatic heterocycles. The van der Waals surface area contributed by atoms with Gasteiger partial charge in [-0.15, -0.1) is 0 Å². The number of nitrogens with zero attached hydrogens (tertiary/aromatic N) is 2. The molecule has 1 amide bonds. The van der Waals surface area contributed by atoms with Crippen LogP contribution in [0.4, 0.5) is 0 Å². The minimum Gasteiger partial charge on any atom is -0.302 e. The van der Waals surface area contributed by atoms with Crippen molar-refractivity contribution in [2.75, 3.05) is 13.6 Å². The van der Waals surface area contributed by atoms with Crippen molar-refractivity contribution in [1.29, 1.82) is 5.26 Å². The highest BCUT2D eigenvalue weighted by atomic mass is 16.2. The van der Waals surface area contributed by atoms with Crippen LogP contribution in [0.25, 0.3) is 0 Å². The number of carbonyl (C=O) groups is 1. The highest BCUT2D eigenvalue weighted by Crippen LogP contribution is 2.04. The quantitative estimate of drug-likeness (QED) is 0.365. The number of nitrogens with two attached hydrogens (primary N) is 1. The highest BCUT2D eigenvalue weighted by Gasteiger charge is 2.16. The van der Waals surface area contributed by atoms with Crippen molar-refractivity contribution in [3.8, 4) is 6.07 Å². The van der Waals surface area contributed by atoms with Gasteiger partial charge in [0.1, 0.15) is 0 Å². The van der Waals surface area contributed by atoms with Crippen molar-refractivity contribution in [1.82, 2.24) is 10.3 Å². The van der Waals surface area contributed by atoms with Gasteiger partial charge < -0.3 is 4.90 Å². The molecule has 0 aliphatic heterocycles. The fraction of sp³-hybridized carbons (Fsp3) is 0.778. The van der Waals surface area contributed by atoms with Gasteiger partial charge >= 0.3 is 0 Å².